The summed E-state index contributed by atoms with van der Waals surface area (Å²) >= 11 is 0. The molecule has 3 aromatic carbocycles. The predicted octanol–water partition coefficient (Wildman–Crippen LogP) is 9.34. The van der Waals surface area contributed by atoms with E-state index in [1.165, 1.54) is 0 Å². The van der Waals surface area contributed by atoms with Crippen molar-refractivity contribution in [3.05, 3.63) is 92.3 Å². The third kappa shape index (κ3) is 4.42. The number of allylic oxidation sites excluding steroid dienone is 3. The number of benzene rings is 3. The molecule has 0 fully saturated rings. The highest BCUT2D eigenvalue weighted by atomic mass is 16.5. The largest absolute Gasteiger partial charge is 0.504 e. The number of carbonyl (C=O) groups is 1. The lowest BCUT2D eigenvalue weighted by Gasteiger charge is -2.44. The van der Waals surface area contributed by atoms with Crippen LogP contribution in [0.1, 0.15) is 136 Å². The van der Waals surface area contributed by atoms with Crippen molar-refractivity contribution in [3.63, 3.8) is 0 Å². The molecule has 0 spiro atoms. The fourth-order valence-electron chi connectivity index (χ4n) is 8.23. The highest BCUT2D eigenvalue weighted by Gasteiger charge is 2.48. The molecular weight excluding hydrogens is 548 g/mol. The number of aromatic hydroxyl groups is 1. The molecule has 1 heterocycles. The number of rotatable bonds is 4. The van der Waals surface area contributed by atoms with Crippen LogP contribution in [0.25, 0.3) is 10.8 Å². The van der Waals surface area contributed by atoms with Gasteiger partial charge in [0.1, 0.15) is 6.10 Å². The van der Waals surface area contributed by atoms with Crippen molar-refractivity contribution in [1.82, 2.24) is 0 Å². The third-order valence-corrected chi connectivity index (χ3v) is 10.3. The Hall–Kier alpha value is -3.57. The Balaban J connectivity index is 1.73. The second-order valence-corrected chi connectivity index (χ2v) is 14.7. The van der Waals surface area contributed by atoms with Crippen molar-refractivity contribution < 1.29 is 24.9 Å². The Labute approximate surface area is 261 Å². The topological polar surface area (TPSA) is 87.0 Å². The van der Waals surface area contributed by atoms with Crippen molar-refractivity contribution in [3.8, 4) is 11.5 Å². The van der Waals surface area contributed by atoms with Gasteiger partial charge in [-0.25, -0.2) is 0 Å². The van der Waals surface area contributed by atoms with E-state index in [0.717, 1.165) is 50.6 Å². The van der Waals surface area contributed by atoms with Gasteiger partial charge in [0.05, 0.1) is 6.10 Å². The molecule has 2 aliphatic carbocycles. The number of carbonyl (C=O) groups excluding carboxylic acids is 1. The van der Waals surface area contributed by atoms with Gasteiger partial charge in [0.2, 0.25) is 5.78 Å². The number of aryl methyl sites for hydroxylation is 1. The molecule has 0 amide bonds. The highest BCUT2D eigenvalue weighted by Crippen LogP contribution is 2.58. The van der Waals surface area contributed by atoms with E-state index in [1.54, 1.807) is 0 Å². The molecule has 5 nitrogen and oxygen atoms in total. The molecule has 0 aromatic heterocycles. The maximum absolute atomic E-state index is 14.2. The number of phenols is 1. The Bertz CT molecular complexity index is 1770. The lowest BCUT2D eigenvalue weighted by molar-refractivity contribution is 0.0942. The summed E-state index contributed by atoms with van der Waals surface area (Å²) < 4.78 is 6.86. The summed E-state index contributed by atoms with van der Waals surface area (Å²) in [6.07, 6.45) is 2.23. The standard InChI is InChI=1S/C39H46O5/c1-18(2)16-27-34(29-21(7)10-11-22-17-24(19(3)4)35(41)38(44-27)30(22)29)31-23-12-13-25-33(26(40)14-15-39(25,8)9)32(23)37(43)36(42)28(31)20(5)6/h10-13,16-17,19-20,26-27,31,34,40-42H,14-15H2,1-9H3/t26?,27-,31+,34?/m0/s1. The number of ketones is 1. The van der Waals surface area contributed by atoms with E-state index in [1.807, 2.05) is 27.7 Å². The van der Waals surface area contributed by atoms with Crippen molar-refractivity contribution >= 4 is 16.6 Å². The first-order valence-electron chi connectivity index (χ1n) is 16.1. The van der Waals surface area contributed by atoms with Crippen LogP contribution in [-0.4, -0.2) is 27.2 Å². The van der Waals surface area contributed by atoms with Crippen LogP contribution in [0.5, 0.6) is 11.5 Å². The lowest BCUT2D eigenvalue weighted by atomic mass is 9.62. The normalized spacial score (nSPS) is 24.0. The number of aliphatic hydroxyl groups excluding tert-OH is 2. The lowest BCUT2D eigenvalue weighted by Crippen LogP contribution is -2.38. The zero-order valence-electron chi connectivity index (χ0n) is 27.5. The summed E-state index contributed by atoms with van der Waals surface area (Å²) in [7, 11) is 0. The fourth-order valence-corrected chi connectivity index (χ4v) is 8.23. The minimum Gasteiger partial charge on any atom is -0.504 e. The molecule has 6 rings (SSSR count). The molecule has 3 aromatic rings. The number of hydrogen-bond acceptors (Lipinski definition) is 5. The Morgan fingerprint density at radius 3 is 2.36 bits per heavy atom. The zero-order chi connectivity index (χ0) is 32.0. The number of Topliss-reactive ketones (excluding diaryl/α,β-unsaturated/α-hetero) is 1. The Morgan fingerprint density at radius 1 is 1.02 bits per heavy atom. The number of ether oxygens (including phenoxy) is 1. The second kappa shape index (κ2) is 10.5. The first-order chi connectivity index (χ1) is 20.7. The molecule has 4 atom stereocenters. The second-order valence-electron chi connectivity index (χ2n) is 14.7. The van der Waals surface area contributed by atoms with Gasteiger partial charge in [-0.2, -0.15) is 0 Å². The van der Waals surface area contributed by atoms with E-state index in [0.29, 0.717) is 28.9 Å². The van der Waals surface area contributed by atoms with Crippen LogP contribution in [0.2, 0.25) is 0 Å². The van der Waals surface area contributed by atoms with Crippen LogP contribution in [0, 0.1) is 12.8 Å². The van der Waals surface area contributed by atoms with Gasteiger partial charge in [-0.15, -0.1) is 0 Å². The summed E-state index contributed by atoms with van der Waals surface area (Å²) in [5.41, 5.74) is 7.43. The Kier molecular flexibility index (Phi) is 7.28. The van der Waals surface area contributed by atoms with Crippen LogP contribution in [-0.2, 0) is 5.41 Å². The molecule has 0 saturated carbocycles. The molecule has 3 N–H and O–H groups in total. The van der Waals surface area contributed by atoms with Crippen molar-refractivity contribution in [2.75, 3.05) is 0 Å². The van der Waals surface area contributed by atoms with Gasteiger partial charge < -0.3 is 20.1 Å². The van der Waals surface area contributed by atoms with E-state index < -0.39 is 23.9 Å². The quantitative estimate of drug-likeness (QED) is 0.262. The van der Waals surface area contributed by atoms with E-state index in [2.05, 4.69) is 71.0 Å². The van der Waals surface area contributed by atoms with E-state index in [4.69, 9.17) is 4.74 Å². The van der Waals surface area contributed by atoms with E-state index >= 15 is 0 Å². The SMILES string of the molecule is CC(C)=C[C@@H]1Oc2c(O)c(C(C)C)cc3ccc(C)c(c23)C1[C@H]1C(C(C)C)=C(O)C(=O)c2c1ccc1c2C(O)CCC1(C)C. The monoisotopic (exact) mass is 594 g/mol. The number of fused-ring (bicyclic) bond motifs is 3. The van der Waals surface area contributed by atoms with Crippen molar-refractivity contribution in [1.29, 1.82) is 0 Å². The highest BCUT2D eigenvalue weighted by molar-refractivity contribution is 6.12. The van der Waals surface area contributed by atoms with Crippen LogP contribution in [0.15, 0.2) is 53.3 Å². The molecule has 0 saturated heterocycles. The molecule has 0 radical (unpaired) electrons. The average Bonchev–Trinajstić information content (AvgIpc) is 2.94. The predicted molar refractivity (Wildman–Crippen MR) is 176 cm³/mol. The maximum Gasteiger partial charge on any atom is 0.227 e. The molecule has 3 aliphatic rings. The molecule has 0 bridgehead atoms. The molecule has 2 unspecified atom stereocenters. The maximum atomic E-state index is 14.2. The van der Waals surface area contributed by atoms with Gasteiger partial charge in [-0.3, -0.25) is 4.79 Å². The fraction of sp³-hybridized carbons (Fsp3) is 0.462. The van der Waals surface area contributed by atoms with E-state index in [-0.39, 0.29) is 34.7 Å². The van der Waals surface area contributed by atoms with Crippen molar-refractivity contribution in [2.45, 2.75) is 111 Å². The summed E-state index contributed by atoms with van der Waals surface area (Å²) in [4.78, 5) is 14.2. The zero-order valence-corrected chi connectivity index (χ0v) is 27.5. The average molecular weight is 595 g/mol. The Morgan fingerprint density at radius 2 is 1.73 bits per heavy atom. The van der Waals surface area contributed by atoms with Crippen molar-refractivity contribution in [2.24, 2.45) is 5.92 Å². The summed E-state index contributed by atoms with van der Waals surface area (Å²) in [5.74, 6) is -0.666. The third-order valence-electron chi connectivity index (χ3n) is 10.3. The van der Waals surface area contributed by atoms with Gasteiger partial charge in [0.25, 0.3) is 0 Å². The number of phenolic OH excluding ortho intramolecular Hbond substituents is 1. The van der Waals surface area contributed by atoms with Gasteiger partial charge in [0.15, 0.2) is 17.3 Å². The smallest absolute Gasteiger partial charge is 0.227 e. The summed E-state index contributed by atoms with van der Waals surface area (Å²) in [6, 6.07) is 10.4. The molecule has 1 aliphatic heterocycles. The van der Waals surface area contributed by atoms with Crippen LogP contribution < -0.4 is 4.74 Å². The van der Waals surface area contributed by atoms with Gasteiger partial charge in [-0.05, 0) is 102 Å². The minimum absolute atomic E-state index is 0.106. The first kappa shape index (κ1) is 30.5. The van der Waals surface area contributed by atoms with Gasteiger partial charge in [0, 0.05) is 28.3 Å². The van der Waals surface area contributed by atoms with Crippen LogP contribution >= 0.6 is 0 Å². The molecule has 5 heteroatoms. The van der Waals surface area contributed by atoms with E-state index in [9.17, 15) is 20.1 Å². The molecule has 232 valence electrons. The summed E-state index contributed by atoms with van der Waals surface area (Å²) in [6.45, 7) is 18.7. The van der Waals surface area contributed by atoms with Crippen LogP contribution in [0.3, 0.4) is 0 Å². The number of aliphatic hydroxyl groups is 2. The molecular formula is C39H46O5. The minimum atomic E-state index is -0.778. The molecule has 44 heavy (non-hydrogen) atoms. The summed E-state index contributed by atoms with van der Waals surface area (Å²) in [5, 5.41) is 36.6. The van der Waals surface area contributed by atoms with Gasteiger partial charge >= 0.3 is 0 Å². The van der Waals surface area contributed by atoms with Crippen LogP contribution in [0.4, 0.5) is 0 Å². The van der Waals surface area contributed by atoms with Gasteiger partial charge in [-0.1, -0.05) is 71.4 Å². The number of hydrogen-bond donors (Lipinski definition) is 3. The first-order valence-corrected chi connectivity index (χ1v) is 16.1.